The van der Waals surface area contributed by atoms with Crippen LogP contribution in [-0.4, -0.2) is 34.5 Å². The molecule has 0 aliphatic carbocycles. The number of nitrogens with zero attached hydrogens (tertiary/aromatic N) is 1. The quantitative estimate of drug-likeness (QED) is 0.476. The second-order valence-electron chi connectivity index (χ2n) is 5.39. The molecule has 7 nitrogen and oxygen atoms in total. The van der Waals surface area contributed by atoms with E-state index in [1.807, 2.05) is 0 Å². The minimum absolute atomic E-state index is 0.0685. The molecule has 0 saturated carbocycles. The minimum Gasteiger partial charge on any atom is -0.478 e. The van der Waals surface area contributed by atoms with Gasteiger partial charge in [-0.25, -0.2) is 9.59 Å². The van der Waals surface area contributed by atoms with Gasteiger partial charge >= 0.3 is 12.0 Å². The van der Waals surface area contributed by atoms with Gasteiger partial charge in [-0.05, 0) is 30.3 Å². The minimum atomic E-state index is -1.08. The van der Waals surface area contributed by atoms with Crippen molar-refractivity contribution in [1.29, 1.82) is 0 Å². The Labute approximate surface area is 153 Å². The van der Waals surface area contributed by atoms with E-state index in [-0.39, 0.29) is 17.8 Å². The van der Waals surface area contributed by atoms with Crippen LogP contribution >= 0.6 is 11.6 Å². The highest BCUT2D eigenvalue weighted by atomic mass is 35.5. The molecule has 1 fully saturated rings. The van der Waals surface area contributed by atoms with E-state index in [9.17, 15) is 14.4 Å². The predicted molar refractivity (Wildman–Crippen MR) is 94.5 cm³/mol. The number of rotatable bonds is 5. The van der Waals surface area contributed by atoms with E-state index in [0.717, 1.165) is 4.90 Å². The van der Waals surface area contributed by atoms with Gasteiger partial charge in [-0.15, -0.1) is 6.58 Å². The van der Waals surface area contributed by atoms with Crippen LogP contribution in [0.4, 0.5) is 4.79 Å². The fourth-order valence-corrected chi connectivity index (χ4v) is 2.64. The molecule has 3 amide bonds. The largest absolute Gasteiger partial charge is 0.478 e. The SMILES string of the molecule is C=CCN1C(=O)NC(=Cc2ccc(-c3cc(C(=O)O)ccc3Cl)o2)C1=O. The Morgan fingerprint density at radius 3 is 2.77 bits per heavy atom. The van der Waals surface area contributed by atoms with Crippen LogP contribution in [0.1, 0.15) is 16.1 Å². The molecule has 0 atom stereocenters. The summed E-state index contributed by atoms with van der Waals surface area (Å²) in [4.78, 5) is 36.0. The van der Waals surface area contributed by atoms with E-state index >= 15 is 0 Å². The molecule has 8 heteroatoms. The van der Waals surface area contributed by atoms with Crippen LogP contribution in [0, 0.1) is 0 Å². The highest BCUT2D eigenvalue weighted by Gasteiger charge is 2.32. The summed E-state index contributed by atoms with van der Waals surface area (Å²) < 4.78 is 5.63. The fraction of sp³-hybridized carbons (Fsp3) is 0.0556. The summed E-state index contributed by atoms with van der Waals surface area (Å²) in [7, 11) is 0. The summed E-state index contributed by atoms with van der Waals surface area (Å²) in [6.45, 7) is 3.60. The lowest BCUT2D eigenvalue weighted by atomic mass is 10.1. The number of hydrogen-bond acceptors (Lipinski definition) is 4. The number of furan rings is 1. The van der Waals surface area contributed by atoms with Crippen LogP contribution in [0.3, 0.4) is 0 Å². The maximum Gasteiger partial charge on any atom is 0.335 e. The van der Waals surface area contributed by atoms with Gasteiger partial charge in [0.05, 0.1) is 10.6 Å². The summed E-state index contributed by atoms with van der Waals surface area (Å²) in [5.41, 5.74) is 0.549. The van der Waals surface area contributed by atoms with E-state index < -0.39 is 17.9 Å². The lowest BCUT2D eigenvalue weighted by Crippen LogP contribution is -2.30. The molecule has 1 aromatic carbocycles. The Morgan fingerprint density at radius 1 is 1.31 bits per heavy atom. The zero-order chi connectivity index (χ0) is 18.8. The lowest BCUT2D eigenvalue weighted by molar-refractivity contribution is -0.122. The smallest absolute Gasteiger partial charge is 0.335 e. The van der Waals surface area contributed by atoms with Crippen molar-refractivity contribution in [2.75, 3.05) is 6.54 Å². The van der Waals surface area contributed by atoms with Crippen molar-refractivity contribution in [3.8, 4) is 11.3 Å². The molecule has 1 aliphatic heterocycles. The molecule has 0 bridgehead atoms. The Kier molecular flexibility index (Phi) is 4.64. The third-order valence-corrected chi connectivity index (χ3v) is 4.00. The van der Waals surface area contributed by atoms with Gasteiger partial charge in [-0.2, -0.15) is 0 Å². The van der Waals surface area contributed by atoms with Crippen LogP contribution in [-0.2, 0) is 4.79 Å². The summed E-state index contributed by atoms with van der Waals surface area (Å²) >= 11 is 6.12. The number of nitrogens with one attached hydrogen (secondary N) is 1. The van der Waals surface area contributed by atoms with Gasteiger partial charge in [0.2, 0.25) is 0 Å². The van der Waals surface area contributed by atoms with Crippen molar-refractivity contribution in [1.82, 2.24) is 10.2 Å². The highest BCUT2D eigenvalue weighted by Crippen LogP contribution is 2.31. The van der Waals surface area contributed by atoms with Crippen LogP contribution in [0.2, 0.25) is 5.02 Å². The molecule has 1 aliphatic rings. The fourth-order valence-electron chi connectivity index (χ4n) is 2.43. The molecule has 2 N–H and O–H groups in total. The molecule has 132 valence electrons. The first kappa shape index (κ1) is 17.5. The monoisotopic (exact) mass is 372 g/mol. The number of imide groups is 1. The van der Waals surface area contributed by atoms with Crippen LogP contribution in [0.5, 0.6) is 0 Å². The highest BCUT2D eigenvalue weighted by molar-refractivity contribution is 6.33. The molecule has 3 rings (SSSR count). The molecular formula is C18H13ClN2O5. The summed E-state index contributed by atoms with van der Waals surface area (Å²) in [6, 6.07) is 6.90. The number of hydrogen-bond donors (Lipinski definition) is 2. The second kappa shape index (κ2) is 6.89. The van der Waals surface area contributed by atoms with Crippen molar-refractivity contribution in [3.63, 3.8) is 0 Å². The van der Waals surface area contributed by atoms with E-state index in [2.05, 4.69) is 11.9 Å². The van der Waals surface area contributed by atoms with Crippen LogP contribution < -0.4 is 5.32 Å². The average molecular weight is 373 g/mol. The first-order valence-electron chi connectivity index (χ1n) is 7.49. The molecule has 0 spiro atoms. The van der Waals surface area contributed by atoms with Crippen molar-refractivity contribution >= 4 is 35.6 Å². The summed E-state index contributed by atoms with van der Waals surface area (Å²) in [5.74, 6) is -0.928. The van der Waals surface area contributed by atoms with E-state index in [4.69, 9.17) is 21.1 Å². The zero-order valence-electron chi connectivity index (χ0n) is 13.4. The third kappa shape index (κ3) is 3.25. The van der Waals surface area contributed by atoms with Crippen molar-refractivity contribution in [2.45, 2.75) is 0 Å². The Hall–Kier alpha value is -3.32. The number of benzene rings is 1. The zero-order valence-corrected chi connectivity index (χ0v) is 14.1. The number of halogens is 1. The topological polar surface area (TPSA) is 99.8 Å². The van der Waals surface area contributed by atoms with Gasteiger partial charge in [0.15, 0.2) is 0 Å². The molecular weight excluding hydrogens is 360 g/mol. The Morgan fingerprint density at radius 2 is 2.08 bits per heavy atom. The molecule has 1 saturated heterocycles. The van der Waals surface area contributed by atoms with Gasteiger partial charge in [0.1, 0.15) is 17.2 Å². The van der Waals surface area contributed by atoms with Crippen LogP contribution in [0.25, 0.3) is 17.4 Å². The first-order valence-corrected chi connectivity index (χ1v) is 7.87. The lowest BCUT2D eigenvalue weighted by Gasteiger charge is -2.06. The molecule has 26 heavy (non-hydrogen) atoms. The number of carboxylic acid groups (broad SMARTS) is 1. The number of aromatic carboxylic acids is 1. The standard InChI is InChI=1S/C18H13ClN2O5/c1-2-7-21-16(22)14(20-18(21)25)9-11-4-6-15(26-11)12-8-10(17(23)24)3-5-13(12)19/h2-6,8-9H,1,7H2,(H,20,25)(H,23,24). The van der Waals surface area contributed by atoms with E-state index in [0.29, 0.717) is 22.1 Å². The molecule has 2 heterocycles. The van der Waals surface area contributed by atoms with Gasteiger partial charge in [0, 0.05) is 18.2 Å². The number of carbonyl (C=O) groups excluding carboxylic acids is 2. The van der Waals surface area contributed by atoms with Gasteiger partial charge < -0.3 is 14.8 Å². The Balaban J connectivity index is 1.91. The van der Waals surface area contributed by atoms with Crippen molar-refractivity contribution < 1.29 is 23.9 Å². The number of amides is 3. The maximum atomic E-state index is 12.2. The number of urea groups is 1. The van der Waals surface area contributed by atoms with E-state index in [1.54, 1.807) is 12.1 Å². The van der Waals surface area contributed by atoms with Gasteiger partial charge in [-0.1, -0.05) is 17.7 Å². The Bertz CT molecular complexity index is 960. The molecule has 0 unspecified atom stereocenters. The number of carboxylic acids is 1. The maximum absolute atomic E-state index is 12.2. The summed E-state index contributed by atoms with van der Waals surface area (Å²) in [6.07, 6.45) is 2.84. The normalized spacial score (nSPS) is 15.4. The molecule has 1 aromatic heterocycles. The predicted octanol–water partition coefficient (Wildman–Crippen LogP) is 3.38. The van der Waals surface area contributed by atoms with Gasteiger partial charge in [-0.3, -0.25) is 9.69 Å². The number of carbonyl (C=O) groups is 3. The van der Waals surface area contributed by atoms with Gasteiger partial charge in [0.25, 0.3) is 5.91 Å². The average Bonchev–Trinajstić information content (AvgIpc) is 3.16. The second-order valence-corrected chi connectivity index (χ2v) is 5.80. The molecule has 2 aromatic rings. The van der Waals surface area contributed by atoms with E-state index in [1.165, 1.54) is 30.4 Å². The first-order chi connectivity index (χ1) is 12.4. The molecule has 0 radical (unpaired) electrons. The third-order valence-electron chi connectivity index (χ3n) is 3.67. The van der Waals surface area contributed by atoms with Crippen molar-refractivity contribution in [2.24, 2.45) is 0 Å². The van der Waals surface area contributed by atoms with Crippen LogP contribution in [0.15, 0.2) is 53.1 Å². The summed E-state index contributed by atoms with van der Waals surface area (Å²) in [5, 5.41) is 11.9. The van der Waals surface area contributed by atoms with Crippen molar-refractivity contribution in [3.05, 3.63) is 65.0 Å².